The number of rotatable bonds is 4. The Kier molecular flexibility index (Phi) is 3.91. The molecule has 1 N–H and O–H groups in total. The first-order valence-corrected chi connectivity index (χ1v) is 8.60. The normalized spacial score (nSPS) is 15.6. The molecule has 0 fully saturated rings. The van der Waals surface area contributed by atoms with Crippen LogP contribution in [0.25, 0.3) is 5.52 Å². The second-order valence-electron chi connectivity index (χ2n) is 6.64. The van der Waals surface area contributed by atoms with Gasteiger partial charge in [-0.15, -0.1) is 0 Å². The molecule has 0 aliphatic carbocycles. The minimum Gasteiger partial charge on any atom is -0.396 e. The number of fused-ring (bicyclic) bond motifs is 2. The molecule has 8 nitrogen and oxygen atoms in total. The van der Waals surface area contributed by atoms with Gasteiger partial charge in [0.2, 0.25) is 0 Å². The Morgan fingerprint density at radius 1 is 1.36 bits per heavy atom. The smallest absolute Gasteiger partial charge is 0.158 e. The van der Waals surface area contributed by atoms with Gasteiger partial charge >= 0.3 is 0 Å². The van der Waals surface area contributed by atoms with Crippen molar-refractivity contribution in [3.05, 3.63) is 34.9 Å². The molecule has 4 rings (SSSR count). The highest BCUT2D eigenvalue weighted by molar-refractivity contribution is 5.73. The van der Waals surface area contributed by atoms with Crippen molar-refractivity contribution in [2.45, 2.75) is 46.1 Å². The SMILES string of the molecule is Cc1onc2c1CN(c1ncnn3c(C)nc([C@@H](C)CCO)c13)CC2. The van der Waals surface area contributed by atoms with Crippen LogP contribution in [0.15, 0.2) is 10.9 Å². The van der Waals surface area contributed by atoms with E-state index in [0.29, 0.717) is 6.42 Å². The highest BCUT2D eigenvalue weighted by atomic mass is 16.5. The Morgan fingerprint density at radius 2 is 2.20 bits per heavy atom. The molecule has 0 spiro atoms. The monoisotopic (exact) mass is 342 g/mol. The molecule has 0 aromatic carbocycles. The van der Waals surface area contributed by atoms with E-state index in [1.54, 1.807) is 6.33 Å². The number of aromatic nitrogens is 5. The maximum Gasteiger partial charge on any atom is 0.158 e. The molecule has 1 aliphatic rings. The number of nitrogens with zero attached hydrogens (tertiary/aromatic N) is 6. The van der Waals surface area contributed by atoms with Crippen LogP contribution in [0.2, 0.25) is 0 Å². The van der Waals surface area contributed by atoms with E-state index in [2.05, 4.69) is 27.1 Å². The van der Waals surface area contributed by atoms with Crippen LogP contribution >= 0.6 is 0 Å². The van der Waals surface area contributed by atoms with Gasteiger partial charge in [-0.3, -0.25) is 0 Å². The minimum atomic E-state index is 0.134. The third kappa shape index (κ3) is 2.57. The Balaban J connectivity index is 1.81. The van der Waals surface area contributed by atoms with Crippen LogP contribution in [0.1, 0.15) is 47.8 Å². The molecule has 0 unspecified atom stereocenters. The van der Waals surface area contributed by atoms with Crippen molar-refractivity contribution < 1.29 is 9.63 Å². The van der Waals surface area contributed by atoms with Gasteiger partial charge in [0.25, 0.3) is 0 Å². The highest BCUT2D eigenvalue weighted by Crippen LogP contribution is 2.32. The predicted octanol–water partition coefficient (Wildman–Crippen LogP) is 1.78. The molecule has 25 heavy (non-hydrogen) atoms. The highest BCUT2D eigenvalue weighted by Gasteiger charge is 2.27. The van der Waals surface area contributed by atoms with Crippen molar-refractivity contribution in [1.29, 1.82) is 0 Å². The average molecular weight is 342 g/mol. The first-order chi connectivity index (χ1) is 12.1. The number of hydrogen-bond donors (Lipinski definition) is 1. The molecule has 4 heterocycles. The minimum absolute atomic E-state index is 0.134. The van der Waals surface area contributed by atoms with Crippen LogP contribution < -0.4 is 4.90 Å². The van der Waals surface area contributed by atoms with Crippen molar-refractivity contribution >= 4 is 11.3 Å². The molecular weight excluding hydrogens is 320 g/mol. The van der Waals surface area contributed by atoms with Crippen LogP contribution in [0.5, 0.6) is 0 Å². The van der Waals surface area contributed by atoms with E-state index in [4.69, 9.17) is 9.51 Å². The Hall–Kier alpha value is -2.48. The summed E-state index contributed by atoms with van der Waals surface area (Å²) in [4.78, 5) is 11.5. The lowest BCUT2D eigenvalue weighted by atomic mass is 10.0. The summed E-state index contributed by atoms with van der Waals surface area (Å²) in [7, 11) is 0. The van der Waals surface area contributed by atoms with Gasteiger partial charge in [0.1, 0.15) is 23.4 Å². The standard InChI is InChI=1S/C17H22N6O2/c1-10(5-7-24)15-16-17(18-9-19-23(16)12(3)20-15)22-6-4-14-13(8-22)11(2)25-21-14/h9-10,24H,4-8H2,1-3H3/t10-/m0/s1. The summed E-state index contributed by atoms with van der Waals surface area (Å²) in [6, 6.07) is 0. The third-order valence-corrected chi connectivity index (χ3v) is 4.96. The zero-order chi connectivity index (χ0) is 17.6. The molecule has 0 bridgehead atoms. The van der Waals surface area contributed by atoms with E-state index < -0.39 is 0 Å². The Bertz CT molecular complexity index is 915. The van der Waals surface area contributed by atoms with E-state index in [1.807, 2.05) is 18.4 Å². The van der Waals surface area contributed by atoms with Gasteiger partial charge in [-0.2, -0.15) is 5.10 Å². The van der Waals surface area contributed by atoms with Gasteiger partial charge < -0.3 is 14.5 Å². The molecule has 8 heteroatoms. The summed E-state index contributed by atoms with van der Waals surface area (Å²) in [5, 5.41) is 17.8. The van der Waals surface area contributed by atoms with E-state index in [9.17, 15) is 5.11 Å². The number of anilines is 1. The maximum absolute atomic E-state index is 9.32. The number of aliphatic hydroxyl groups excluding tert-OH is 1. The number of aliphatic hydroxyl groups is 1. The van der Waals surface area contributed by atoms with Crippen molar-refractivity contribution in [3.63, 3.8) is 0 Å². The van der Waals surface area contributed by atoms with Crippen LogP contribution in [0, 0.1) is 13.8 Å². The Morgan fingerprint density at radius 3 is 3.00 bits per heavy atom. The van der Waals surface area contributed by atoms with Gasteiger partial charge in [-0.25, -0.2) is 14.5 Å². The van der Waals surface area contributed by atoms with Crippen molar-refractivity contribution in [2.75, 3.05) is 18.1 Å². The zero-order valence-electron chi connectivity index (χ0n) is 14.7. The van der Waals surface area contributed by atoms with E-state index in [-0.39, 0.29) is 12.5 Å². The number of aryl methyl sites for hydroxylation is 2. The van der Waals surface area contributed by atoms with Crippen LogP contribution in [-0.2, 0) is 13.0 Å². The van der Waals surface area contributed by atoms with E-state index in [0.717, 1.165) is 59.4 Å². The summed E-state index contributed by atoms with van der Waals surface area (Å²) in [5.41, 5.74) is 4.05. The zero-order valence-corrected chi connectivity index (χ0v) is 14.7. The molecule has 0 amide bonds. The number of imidazole rings is 1. The van der Waals surface area contributed by atoms with Gasteiger partial charge in [0.15, 0.2) is 5.82 Å². The lowest BCUT2D eigenvalue weighted by Crippen LogP contribution is -2.31. The maximum atomic E-state index is 9.32. The third-order valence-electron chi connectivity index (χ3n) is 4.96. The summed E-state index contributed by atoms with van der Waals surface area (Å²) in [5.74, 6) is 2.71. The molecule has 1 atom stereocenters. The fraction of sp³-hybridized carbons (Fsp3) is 0.529. The first kappa shape index (κ1) is 16.0. The van der Waals surface area contributed by atoms with E-state index in [1.165, 1.54) is 0 Å². The molecule has 3 aromatic rings. The van der Waals surface area contributed by atoms with E-state index >= 15 is 0 Å². The first-order valence-electron chi connectivity index (χ1n) is 8.60. The molecule has 0 saturated heterocycles. The van der Waals surface area contributed by atoms with Crippen molar-refractivity contribution in [3.8, 4) is 0 Å². The van der Waals surface area contributed by atoms with Crippen LogP contribution in [-0.4, -0.2) is 43.0 Å². The second-order valence-corrected chi connectivity index (χ2v) is 6.64. The summed E-state index contributed by atoms with van der Waals surface area (Å²) < 4.78 is 7.18. The summed E-state index contributed by atoms with van der Waals surface area (Å²) >= 11 is 0. The van der Waals surface area contributed by atoms with Gasteiger partial charge in [0.05, 0.1) is 11.4 Å². The Labute approximate surface area is 145 Å². The van der Waals surface area contributed by atoms with Gasteiger partial charge in [-0.05, 0) is 20.3 Å². The van der Waals surface area contributed by atoms with Crippen molar-refractivity contribution in [1.82, 2.24) is 24.7 Å². The quantitative estimate of drug-likeness (QED) is 0.772. The fourth-order valence-electron chi connectivity index (χ4n) is 3.52. The predicted molar refractivity (Wildman–Crippen MR) is 91.6 cm³/mol. The molecule has 3 aromatic heterocycles. The van der Waals surface area contributed by atoms with Crippen LogP contribution in [0.3, 0.4) is 0 Å². The molecule has 0 saturated carbocycles. The summed E-state index contributed by atoms with van der Waals surface area (Å²) in [6.45, 7) is 7.64. The lowest BCUT2D eigenvalue weighted by Gasteiger charge is -2.28. The lowest BCUT2D eigenvalue weighted by molar-refractivity contribution is 0.278. The topological polar surface area (TPSA) is 92.6 Å². The molecule has 132 valence electrons. The number of hydrogen-bond acceptors (Lipinski definition) is 7. The second kappa shape index (κ2) is 6.11. The fourth-order valence-corrected chi connectivity index (χ4v) is 3.52. The molecule has 1 aliphatic heterocycles. The van der Waals surface area contributed by atoms with Crippen molar-refractivity contribution in [2.24, 2.45) is 0 Å². The average Bonchev–Trinajstić information content (AvgIpc) is 3.16. The molecule has 0 radical (unpaired) electrons. The molecular formula is C17H22N6O2. The van der Waals surface area contributed by atoms with Crippen LogP contribution in [0.4, 0.5) is 5.82 Å². The largest absolute Gasteiger partial charge is 0.396 e. The summed E-state index contributed by atoms with van der Waals surface area (Å²) in [6.07, 6.45) is 3.07. The van der Waals surface area contributed by atoms with Gasteiger partial charge in [0, 0.05) is 37.6 Å². The van der Waals surface area contributed by atoms with Gasteiger partial charge in [-0.1, -0.05) is 12.1 Å².